The van der Waals surface area contributed by atoms with Gasteiger partial charge in [-0.25, -0.2) is 9.78 Å². The Hall–Kier alpha value is -2.89. The second-order valence-corrected chi connectivity index (χ2v) is 6.82. The van der Waals surface area contributed by atoms with Crippen LogP contribution in [-0.4, -0.2) is 36.6 Å². The number of pyridine rings is 1. The molecule has 2 aromatic rings. The van der Waals surface area contributed by atoms with E-state index in [0.717, 1.165) is 24.7 Å². The summed E-state index contributed by atoms with van der Waals surface area (Å²) in [5, 5.41) is 2.79. The number of esters is 1. The molecule has 0 aliphatic carbocycles. The highest BCUT2D eigenvalue weighted by Crippen LogP contribution is 2.22. The number of amides is 1. The van der Waals surface area contributed by atoms with Gasteiger partial charge in [-0.3, -0.25) is 4.79 Å². The largest absolute Gasteiger partial charge is 0.462 e. The van der Waals surface area contributed by atoms with Crippen LogP contribution in [0.5, 0.6) is 0 Å². The van der Waals surface area contributed by atoms with Crippen LogP contribution in [0.2, 0.25) is 0 Å². The Morgan fingerprint density at radius 1 is 1.15 bits per heavy atom. The molecule has 1 N–H and O–H groups in total. The summed E-state index contributed by atoms with van der Waals surface area (Å²) in [6, 6.07) is 10.3. The summed E-state index contributed by atoms with van der Waals surface area (Å²) in [6.07, 6.45) is 4.13. The minimum atomic E-state index is -0.375. The smallest absolute Gasteiger partial charge is 0.338 e. The maximum atomic E-state index is 12.4. The van der Waals surface area contributed by atoms with E-state index in [-0.39, 0.29) is 11.9 Å². The van der Waals surface area contributed by atoms with Gasteiger partial charge in [-0.15, -0.1) is 0 Å². The summed E-state index contributed by atoms with van der Waals surface area (Å²) in [5.74, 6) is 0.118. The Balaban J connectivity index is 1.60. The van der Waals surface area contributed by atoms with Gasteiger partial charge in [0.2, 0.25) is 0 Å². The summed E-state index contributed by atoms with van der Waals surface area (Å²) >= 11 is 0. The fourth-order valence-electron chi connectivity index (χ4n) is 3.07. The number of ether oxygens (including phenoxy) is 1. The van der Waals surface area contributed by atoms with Crippen LogP contribution in [0.15, 0.2) is 42.6 Å². The first-order chi connectivity index (χ1) is 13.1. The van der Waals surface area contributed by atoms with Crippen LogP contribution in [0, 0.1) is 5.92 Å². The van der Waals surface area contributed by atoms with E-state index in [4.69, 9.17) is 4.74 Å². The molecule has 1 fully saturated rings. The lowest BCUT2D eigenvalue weighted by atomic mass is 9.99. The number of benzene rings is 1. The van der Waals surface area contributed by atoms with Gasteiger partial charge in [0.05, 0.1) is 24.1 Å². The number of nitrogens with one attached hydrogen (secondary N) is 1. The molecule has 1 aliphatic rings. The number of nitrogens with zero attached hydrogens (tertiary/aromatic N) is 2. The van der Waals surface area contributed by atoms with E-state index in [1.807, 2.05) is 6.07 Å². The van der Waals surface area contributed by atoms with E-state index < -0.39 is 0 Å². The van der Waals surface area contributed by atoms with Gasteiger partial charge >= 0.3 is 5.97 Å². The lowest BCUT2D eigenvalue weighted by Gasteiger charge is -2.31. The zero-order chi connectivity index (χ0) is 19.2. The number of rotatable bonds is 5. The molecule has 2 heterocycles. The van der Waals surface area contributed by atoms with Crippen molar-refractivity contribution in [3.63, 3.8) is 0 Å². The predicted octanol–water partition coefficient (Wildman–Crippen LogP) is 3.75. The number of carbonyl (C=O) groups is 2. The van der Waals surface area contributed by atoms with Crippen LogP contribution < -0.4 is 10.2 Å². The zero-order valence-corrected chi connectivity index (χ0v) is 15.8. The summed E-state index contributed by atoms with van der Waals surface area (Å²) in [4.78, 5) is 30.7. The fourth-order valence-corrected chi connectivity index (χ4v) is 3.07. The second kappa shape index (κ2) is 8.66. The minimum absolute atomic E-state index is 0.280. The van der Waals surface area contributed by atoms with Crippen LogP contribution in [0.3, 0.4) is 0 Å². The standard InChI is InChI=1S/C21H25N3O3/c1-3-27-21(26)16-4-6-17(7-5-16)23-20(25)19-9-8-18(14-22-19)24-12-10-15(2)11-13-24/h4-9,14-15H,3,10-13H2,1-2H3,(H,23,25). The molecular formula is C21H25N3O3. The van der Waals surface area contributed by atoms with Crippen molar-refractivity contribution < 1.29 is 14.3 Å². The highest BCUT2D eigenvalue weighted by Gasteiger charge is 2.17. The minimum Gasteiger partial charge on any atom is -0.462 e. The number of anilines is 2. The van der Waals surface area contributed by atoms with Crippen molar-refractivity contribution >= 4 is 23.3 Å². The summed E-state index contributed by atoms with van der Waals surface area (Å²) in [6.45, 7) is 6.43. The van der Waals surface area contributed by atoms with Gasteiger partial charge in [0, 0.05) is 18.8 Å². The molecule has 6 heteroatoms. The molecular weight excluding hydrogens is 342 g/mol. The average Bonchev–Trinajstić information content (AvgIpc) is 2.69. The molecule has 0 unspecified atom stereocenters. The maximum Gasteiger partial charge on any atom is 0.338 e. The zero-order valence-electron chi connectivity index (χ0n) is 15.8. The highest BCUT2D eigenvalue weighted by atomic mass is 16.5. The Bertz CT molecular complexity index is 779. The van der Waals surface area contributed by atoms with Crippen molar-refractivity contribution in [3.05, 3.63) is 53.9 Å². The van der Waals surface area contributed by atoms with Crippen molar-refractivity contribution in [1.82, 2.24) is 4.98 Å². The molecule has 1 amide bonds. The number of hydrogen-bond acceptors (Lipinski definition) is 5. The van der Waals surface area contributed by atoms with Crippen LogP contribution in [0.1, 0.15) is 47.5 Å². The maximum absolute atomic E-state index is 12.4. The van der Waals surface area contributed by atoms with Gasteiger partial charge in [-0.2, -0.15) is 0 Å². The first kappa shape index (κ1) is 18.9. The van der Waals surface area contributed by atoms with Gasteiger partial charge in [-0.05, 0) is 62.1 Å². The predicted molar refractivity (Wildman–Crippen MR) is 105 cm³/mol. The molecule has 1 aromatic carbocycles. The fraction of sp³-hybridized carbons (Fsp3) is 0.381. The summed E-state index contributed by atoms with van der Waals surface area (Å²) in [7, 11) is 0. The Morgan fingerprint density at radius 2 is 1.85 bits per heavy atom. The van der Waals surface area contributed by atoms with Crippen LogP contribution in [0.4, 0.5) is 11.4 Å². The van der Waals surface area contributed by atoms with Crippen molar-refractivity contribution in [2.45, 2.75) is 26.7 Å². The lowest BCUT2D eigenvalue weighted by Crippen LogP contribution is -2.32. The average molecular weight is 367 g/mol. The molecule has 0 spiro atoms. The molecule has 1 aromatic heterocycles. The highest BCUT2D eigenvalue weighted by molar-refractivity contribution is 6.03. The molecule has 0 bridgehead atoms. The number of piperidine rings is 1. The Labute approximate surface area is 159 Å². The first-order valence-corrected chi connectivity index (χ1v) is 9.36. The van der Waals surface area contributed by atoms with E-state index >= 15 is 0 Å². The quantitative estimate of drug-likeness (QED) is 0.815. The van der Waals surface area contributed by atoms with Crippen LogP contribution >= 0.6 is 0 Å². The lowest BCUT2D eigenvalue weighted by molar-refractivity contribution is 0.0526. The Morgan fingerprint density at radius 3 is 2.44 bits per heavy atom. The van der Waals surface area contributed by atoms with Gasteiger partial charge < -0.3 is 15.0 Å². The van der Waals surface area contributed by atoms with Crippen molar-refractivity contribution in [2.75, 3.05) is 29.9 Å². The van der Waals surface area contributed by atoms with Gasteiger partial charge in [0.15, 0.2) is 0 Å². The monoisotopic (exact) mass is 367 g/mol. The van der Waals surface area contributed by atoms with Crippen molar-refractivity contribution in [2.24, 2.45) is 5.92 Å². The Kier molecular flexibility index (Phi) is 6.06. The van der Waals surface area contributed by atoms with E-state index in [2.05, 4.69) is 22.1 Å². The number of hydrogen-bond donors (Lipinski definition) is 1. The number of carbonyl (C=O) groups excluding carboxylic acids is 2. The van der Waals surface area contributed by atoms with Gasteiger partial charge in [-0.1, -0.05) is 6.92 Å². The van der Waals surface area contributed by atoms with E-state index in [9.17, 15) is 9.59 Å². The third-order valence-corrected chi connectivity index (χ3v) is 4.78. The number of aromatic nitrogens is 1. The van der Waals surface area contributed by atoms with Crippen LogP contribution in [0.25, 0.3) is 0 Å². The molecule has 27 heavy (non-hydrogen) atoms. The van der Waals surface area contributed by atoms with Gasteiger partial charge in [0.1, 0.15) is 5.69 Å². The molecule has 6 nitrogen and oxygen atoms in total. The molecule has 0 atom stereocenters. The van der Waals surface area contributed by atoms with Gasteiger partial charge in [0.25, 0.3) is 5.91 Å². The second-order valence-electron chi connectivity index (χ2n) is 6.82. The molecule has 0 saturated carbocycles. The molecule has 1 aliphatic heterocycles. The molecule has 142 valence electrons. The topological polar surface area (TPSA) is 71.5 Å². The molecule has 1 saturated heterocycles. The van der Waals surface area contributed by atoms with Crippen molar-refractivity contribution in [1.29, 1.82) is 0 Å². The third-order valence-electron chi connectivity index (χ3n) is 4.78. The van der Waals surface area contributed by atoms with Crippen LogP contribution in [-0.2, 0) is 4.74 Å². The van der Waals surface area contributed by atoms with E-state index in [1.54, 1.807) is 43.5 Å². The summed E-state index contributed by atoms with van der Waals surface area (Å²) < 4.78 is 4.94. The SMILES string of the molecule is CCOC(=O)c1ccc(NC(=O)c2ccc(N3CCC(C)CC3)cn2)cc1. The molecule has 0 radical (unpaired) electrons. The first-order valence-electron chi connectivity index (χ1n) is 9.36. The van der Waals surface area contributed by atoms with E-state index in [0.29, 0.717) is 23.6 Å². The van der Waals surface area contributed by atoms with Crippen molar-refractivity contribution in [3.8, 4) is 0 Å². The summed E-state index contributed by atoms with van der Waals surface area (Å²) in [5.41, 5.74) is 2.47. The molecule has 3 rings (SSSR count). The third kappa shape index (κ3) is 4.84. The van der Waals surface area contributed by atoms with E-state index in [1.165, 1.54) is 12.8 Å². The normalized spacial score (nSPS) is 14.7.